The van der Waals surface area contributed by atoms with E-state index in [1.165, 1.54) is 13.3 Å². The normalized spacial score (nSPS) is 29.5. The molecule has 8 nitrogen and oxygen atoms in total. The van der Waals surface area contributed by atoms with Gasteiger partial charge in [-0.2, -0.15) is 13.2 Å². The number of fused-ring (bicyclic) bond motifs is 2. The van der Waals surface area contributed by atoms with Gasteiger partial charge in [-0.15, -0.1) is 0 Å². The zero-order valence-electron chi connectivity index (χ0n) is 21.5. The molecule has 4 heterocycles. The predicted molar refractivity (Wildman–Crippen MR) is 130 cm³/mol. The van der Waals surface area contributed by atoms with Crippen LogP contribution >= 0.6 is 0 Å². The second kappa shape index (κ2) is 10.1. The largest absolute Gasteiger partial charge is 0.464 e. The number of hydrogen-bond donors (Lipinski definition) is 0. The van der Waals surface area contributed by atoms with Gasteiger partial charge in [-0.1, -0.05) is 18.0 Å². The Morgan fingerprint density at radius 1 is 1.05 bits per heavy atom. The van der Waals surface area contributed by atoms with Gasteiger partial charge in [-0.3, -0.25) is 0 Å². The summed E-state index contributed by atoms with van der Waals surface area (Å²) >= 11 is 0. The first-order chi connectivity index (χ1) is 18.3. The second-order valence-electron chi connectivity index (χ2n) is 11.2. The summed E-state index contributed by atoms with van der Waals surface area (Å²) in [4.78, 5) is 22.6. The fourth-order valence-corrected chi connectivity index (χ4v) is 6.79. The zero-order chi connectivity index (χ0) is 26.4. The number of carbonyl (C=O) groups excluding carboxylic acids is 1. The van der Waals surface area contributed by atoms with Gasteiger partial charge < -0.3 is 18.9 Å². The van der Waals surface area contributed by atoms with E-state index in [2.05, 4.69) is 20.0 Å². The van der Waals surface area contributed by atoms with Crippen LogP contribution in [0.3, 0.4) is 0 Å². The quantitative estimate of drug-likeness (QED) is 0.419. The summed E-state index contributed by atoms with van der Waals surface area (Å²) in [6, 6.07) is 0.463. The average Bonchev–Trinajstić information content (AvgIpc) is 3.62. The predicted octanol–water partition coefficient (Wildman–Crippen LogP) is 5.68. The van der Waals surface area contributed by atoms with Crippen molar-refractivity contribution in [3.63, 3.8) is 0 Å². The Kier molecular flexibility index (Phi) is 6.82. The van der Waals surface area contributed by atoms with Gasteiger partial charge in [0.1, 0.15) is 11.6 Å². The van der Waals surface area contributed by atoms with Crippen LogP contribution in [0.25, 0.3) is 0 Å². The molecule has 2 saturated heterocycles. The highest BCUT2D eigenvalue weighted by Gasteiger charge is 2.49. The van der Waals surface area contributed by atoms with Crippen molar-refractivity contribution in [3.8, 4) is 0 Å². The number of halogens is 3. The van der Waals surface area contributed by atoms with Crippen LogP contribution in [0.4, 0.5) is 19.0 Å². The Morgan fingerprint density at radius 3 is 2.42 bits per heavy atom. The lowest BCUT2D eigenvalue weighted by atomic mass is 9.76. The lowest BCUT2D eigenvalue weighted by molar-refractivity contribution is -0.187. The molecule has 2 aliphatic carbocycles. The number of anilines is 1. The Bertz CT molecular complexity index is 1140. The molecule has 6 rings (SSSR count). The minimum Gasteiger partial charge on any atom is -0.464 e. The number of piperidine rings is 1. The number of rotatable bonds is 7. The van der Waals surface area contributed by atoms with E-state index in [1.807, 2.05) is 0 Å². The van der Waals surface area contributed by atoms with Crippen molar-refractivity contribution in [2.24, 2.45) is 5.92 Å². The summed E-state index contributed by atoms with van der Waals surface area (Å²) < 4.78 is 58.5. The molecule has 4 atom stereocenters. The molecule has 2 bridgehead atoms. The van der Waals surface area contributed by atoms with Crippen molar-refractivity contribution in [1.29, 1.82) is 0 Å². The SMILES string of the molecule is COC(=O)c1cnc(N2C3CCC2CC(OCc2c([C@H]4CCCC[C@@H]4C(F)(F)F)noc2C2CC2)C3)cn1. The summed E-state index contributed by atoms with van der Waals surface area (Å²) in [5.74, 6) is -0.856. The Balaban J connectivity index is 1.16. The van der Waals surface area contributed by atoms with Crippen molar-refractivity contribution in [1.82, 2.24) is 15.1 Å². The van der Waals surface area contributed by atoms with Crippen molar-refractivity contribution >= 4 is 11.8 Å². The van der Waals surface area contributed by atoms with Gasteiger partial charge in [0, 0.05) is 29.5 Å². The van der Waals surface area contributed by atoms with Crippen LogP contribution in [-0.4, -0.2) is 52.6 Å². The third-order valence-electron chi connectivity index (χ3n) is 8.79. The van der Waals surface area contributed by atoms with Crippen LogP contribution in [0.2, 0.25) is 0 Å². The van der Waals surface area contributed by atoms with E-state index in [0.717, 1.165) is 62.1 Å². The van der Waals surface area contributed by atoms with Crippen LogP contribution in [0.5, 0.6) is 0 Å². The van der Waals surface area contributed by atoms with Gasteiger partial charge in [-0.05, 0) is 51.4 Å². The summed E-state index contributed by atoms with van der Waals surface area (Å²) in [6.07, 6.45) is 6.36. The molecule has 0 N–H and O–H groups in total. The van der Waals surface area contributed by atoms with Crippen LogP contribution < -0.4 is 4.90 Å². The molecule has 206 valence electrons. The number of hydrogen-bond acceptors (Lipinski definition) is 8. The van der Waals surface area contributed by atoms with Crippen LogP contribution in [0.1, 0.15) is 104 Å². The first-order valence-corrected chi connectivity index (χ1v) is 13.7. The molecule has 2 aliphatic heterocycles. The third-order valence-corrected chi connectivity index (χ3v) is 8.79. The van der Waals surface area contributed by atoms with Crippen LogP contribution in [0, 0.1) is 5.92 Å². The van der Waals surface area contributed by atoms with Crippen LogP contribution in [-0.2, 0) is 16.1 Å². The highest BCUT2D eigenvalue weighted by Crippen LogP contribution is 2.50. The van der Waals surface area contributed by atoms with E-state index >= 15 is 0 Å². The number of esters is 1. The van der Waals surface area contributed by atoms with E-state index in [9.17, 15) is 18.0 Å². The Hall–Kier alpha value is -2.69. The maximum Gasteiger partial charge on any atom is 0.392 e. The van der Waals surface area contributed by atoms with Gasteiger partial charge in [0.15, 0.2) is 5.69 Å². The average molecular weight is 535 g/mol. The maximum absolute atomic E-state index is 13.9. The van der Waals surface area contributed by atoms with E-state index in [0.29, 0.717) is 18.5 Å². The molecular formula is C27H33F3N4O4. The number of nitrogens with zero attached hydrogens (tertiary/aromatic N) is 4. The van der Waals surface area contributed by atoms with E-state index < -0.39 is 24.0 Å². The minimum absolute atomic E-state index is 0.00868. The molecule has 2 unspecified atom stereocenters. The zero-order valence-corrected chi connectivity index (χ0v) is 21.5. The molecule has 2 saturated carbocycles. The third kappa shape index (κ3) is 4.89. The minimum atomic E-state index is -4.24. The fraction of sp³-hybridized carbons (Fsp3) is 0.704. The van der Waals surface area contributed by atoms with Crippen molar-refractivity contribution < 1.29 is 32.0 Å². The molecular weight excluding hydrogens is 501 g/mol. The second-order valence-corrected chi connectivity index (χ2v) is 11.2. The molecule has 0 spiro atoms. The van der Waals surface area contributed by atoms with Gasteiger partial charge in [-0.25, -0.2) is 14.8 Å². The highest BCUT2D eigenvalue weighted by molar-refractivity contribution is 5.86. The van der Waals surface area contributed by atoms with Gasteiger partial charge in [0.25, 0.3) is 0 Å². The highest BCUT2D eigenvalue weighted by atomic mass is 19.4. The van der Waals surface area contributed by atoms with Crippen LogP contribution in [0.15, 0.2) is 16.9 Å². The molecule has 4 fully saturated rings. The van der Waals surface area contributed by atoms with E-state index in [4.69, 9.17) is 14.0 Å². The summed E-state index contributed by atoms with van der Waals surface area (Å²) in [5.41, 5.74) is 1.39. The number of ether oxygens (including phenoxy) is 2. The fourth-order valence-electron chi connectivity index (χ4n) is 6.79. The molecule has 0 radical (unpaired) electrons. The smallest absolute Gasteiger partial charge is 0.392 e. The molecule has 2 aromatic rings. The molecule has 2 aromatic heterocycles. The molecule has 0 amide bonds. The summed E-state index contributed by atoms with van der Waals surface area (Å²) in [6.45, 7) is 0.240. The van der Waals surface area contributed by atoms with Crippen molar-refractivity contribution in [3.05, 3.63) is 35.1 Å². The van der Waals surface area contributed by atoms with Gasteiger partial charge >= 0.3 is 12.1 Å². The number of methoxy groups -OCH3 is 1. The first-order valence-electron chi connectivity index (χ1n) is 13.7. The summed E-state index contributed by atoms with van der Waals surface area (Å²) in [7, 11) is 1.31. The lowest BCUT2D eigenvalue weighted by Crippen LogP contribution is -2.46. The van der Waals surface area contributed by atoms with Gasteiger partial charge in [0.2, 0.25) is 0 Å². The Labute approximate surface area is 219 Å². The van der Waals surface area contributed by atoms with Crippen molar-refractivity contribution in [2.75, 3.05) is 12.0 Å². The standard InChI is InChI=1S/C27H33F3N4O4/c1-36-26(35)22-12-32-23(13-31-22)34-16-8-9-17(34)11-18(10-16)37-14-20-24(33-38-25(20)15-6-7-15)19-4-2-3-5-21(19)27(28,29)30/h12-13,15-19,21H,2-11,14H2,1H3/t16?,17?,18?,19-,21-/m0/s1. The lowest BCUT2D eigenvalue weighted by Gasteiger charge is -2.39. The Morgan fingerprint density at radius 2 is 1.79 bits per heavy atom. The molecule has 38 heavy (non-hydrogen) atoms. The monoisotopic (exact) mass is 534 g/mol. The summed E-state index contributed by atoms with van der Waals surface area (Å²) in [5, 5.41) is 4.24. The molecule has 4 aliphatic rings. The number of carbonyl (C=O) groups is 1. The molecule has 0 aromatic carbocycles. The van der Waals surface area contributed by atoms with E-state index in [-0.39, 0.29) is 42.8 Å². The molecule has 11 heteroatoms. The van der Waals surface area contributed by atoms with Crippen molar-refractivity contribution in [2.45, 2.75) is 107 Å². The first kappa shape index (κ1) is 25.6. The number of alkyl halides is 3. The number of aromatic nitrogens is 3. The maximum atomic E-state index is 13.9. The topological polar surface area (TPSA) is 90.6 Å². The van der Waals surface area contributed by atoms with E-state index in [1.54, 1.807) is 6.20 Å². The van der Waals surface area contributed by atoms with Gasteiger partial charge in [0.05, 0.1) is 43.8 Å².